The molecule has 1 atom stereocenters. The van der Waals surface area contributed by atoms with Gasteiger partial charge in [0.25, 0.3) is 5.91 Å². The molecule has 2 aromatic heterocycles. The van der Waals surface area contributed by atoms with Crippen molar-refractivity contribution in [2.75, 3.05) is 6.54 Å². The molecule has 2 aromatic carbocycles. The van der Waals surface area contributed by atoms with Gasteiger partial charge in [-0.15, -0.1) is 0 Å². The standard InChI is InChI=1S/C24H20ClN3O/c1-15-7-6-12-21(26-15)24(29)28-14-13-17-16-8-3-5-11-20(16)27-22(17)23(28)18-9-2-4-10-19(18)25/h2-12,23,27H,13-14H2,1H3. The third-order valence-corrected chi connectivity index (χ3v) is 5.95. The van der Waals surface area contributed by atoms with Crippen molar-refractivity contribution in [1.82, 2.24) is 14.9 Å². The Bertz CT molecular complexity index is 1230. The average molecular weight is 402 g/mol. The number of aromatic nitrogens is 2. The van der Waals surface area contributed by atoms with E-state index in [1.54, 1.807) is 6.07 Å². The van der Waals surface area contributed by atoms with E-state index in [1.807, 2.05) is 54.3 Å². The zero-order chi connectivity index (χ0) is 20.0. The van der Waals surface area contributed by atoms with Gasteiger partial charge >= 0.3 is 0 Å². The van der Waals surface area contributed by atoms with Crippen LogP contribution in [0.5, 0.6) is 0 Å². The van der Waals surface area contributed by atoms with Gasteiger partial charge in [-0.05, 0) is 48.7 Å². The van der Waals surface area contributed by atoms with Crippen LogP contribution >= 0.6 is 11.6 Å². The highest BCUT2D eigenvalue weighted by Gasteiger charge is 2.36. The van der Waals surface area contributed by atoms with Crippen molar-refractivity contribution in [2.24, 2.45) is 0 Å². The molecule has 0 spiro atoms. The minimum Gasteiger partial charge on any atom is -0.356 e. The first kappa shape index (κ1) is 18.0. The normalized spacial score (nSPS) is 16.1. The molecule has 1 unspecified atom stereocenters. The van der Waals surface area contributed by atoms with Crippen molar-refractivity contribution in [1.29, 1.82) is 0 Å². The highest BCUT2D eigenvalue weighted by atomic mass is 35.5. The van der Waals surface area contributed by atoms with Gasteiger partial charge in [-0.2, -0.15) is 0 Å². The summed E-state index contributed by atoms with van der Waals surface area (Å²) >= 11 is 6.60. The van der Waals surface area contributed by atoms with E-state index in [0.29, 0.717) is 17.3 Å². The Morgan fingerprint density at radius 3 is 2.69 bits per heavy atom. The number of amides is 1. The summed E-state index contributed by atoms with van der Waals surface area (Å²) in [4.78, 5) is 23.4. The molecule has 0 bridgehead atoms. The molecule has 4 aromatic rings. The van der Waals surface area contributed by atoms with Crippen LogP contribution in [0.25, 0.3) is 10.9 Å². The molecular formula is C24H20ClN3O. The summed E-state index contributed by atoms with van der Waals surface area (Å²) in [5.74, 6) is -0.0806. The molecule has 29 heavy (non-hydrogen) atoms. The van der Waals surface area contributed by atoms with Crippen LogP contribution in [0.1, 0.15) is 39.0 Å². The van der Waals surface area contributed by atoms with E-state index >= 15 is 0 Å². The highest BCUT2D eigenvalue weighted by Crippen LogP contribution is 2.41. The maximum absolute atomic E-state index is 13.5. The molecule has 3 heterocycles. The lowest BCUT2D eigenvalue weighted by Gasteiger charge is -2.36. The first-order chi connectivity index (χ1) is 14.1. The molecule has 4 nitrogen and oxygen atoms in total. The molecule has 0 saturated carbocycles. The number of pyridine rings is 1. The quantitative estimate of drug-likeness (QED) is 0.494. The van der Waals surface area contributed by atoms with Gasteiger partial charge in [0.05, 0.1) is 6.04 Å². The van der Waals surface area contributed by atoms with E-state index in [9.17, 15) is 4.79 Å². The molecule has 5 rings (SSSR count). The number of hydrogen-bond donors (Lipinski definition) is 1. The fraction of sp³-hybridized carbons (Fsp3) is 0.167. The smallest absolute Gasteiger partial charge is 0.273 e. The van der Waals surface area contributed by atoms with Crippen LogP contribution in [-0.2, 0) is 6.42 Å². The summed E-state index contributed by atoms with van der Waals surface area (Å²) in [6.07, 6.45) is 0.790. The fourth-order valence-electron chi connectivity index (χ4n) is 4.29. The van der Waals surface area contributed by atoms with Crippen molar-refractivity contribution in [2.45, 2.75) is 19.4 Å². The number of halogens is 1. The second-order valence-electron chi connectivity index (χ2n) is 7.40. The van der Waals surface area contributed by atoms with Gasteiger partial charge in [-0.25, -0.2) is 4.98 Å². The van der Waals surface area contributed by atoms with Crippen LogP contribution in [0.3, 0.4) is 0 Å². The minimum absolute atomic E-state index is 0.0806. The molecule has 1 N–H and O–H groups in total. The molecule has 1 amide bonds. The predicted molar refractivity (Wildman–Crippen MR) is 115 cm³/mol. The number of nitrogens with zero attached hydrogens (tertiary/aromatic N) is 2. The number of aromatic amines is 1. The van der Waals surface area contributed by atoms with Crippen LogP contribution < -0.4 is 0 Å². The number of para-hydroxylation sites is 1. The number of nitrogens with one attached hydrogen (secondary N) is 1. The third kappa shape index (κ3) is 3.00. The highest BCUT2D eigenvalue weighted by molar-refractivity contribution is 6.31. The van der Waals surface area contributed by atoms with Crippen LogP contribution in [0, 0.1) is 6.92 Å². The van der Waals surface area contributed by atoms with E-state index in [0.717, 1.165) is 28.9 Å². The first-order valence-corrected chi connectivity index (χ1v) is 10.1. The van der Waals surface area contributed by atoms with Crippen LogP contribution in [-0.4, -0.2) is 27.3 Å². The number of aryl methyl sites for hydroxylation is 1. The van der Waals surface area contributed by atoms with Crippen molar-refractivity contribution in [3.63, 3.8) is 0 Å². The number of fused-ring (bicyclic) bond motifs is 3. The van der Waals surface area contributed by atoms with E-state index in [4.69, 9.17) is 11.6 Å². The summed E-state index contributed by atoms with van der Waals surface area (Å²) in [6, 6.07) is 21.3. The average Bonchev–Trinajstić information content (AvgIpc) is 3.12. The minimum atomic E-state index is -0.283. The first-order valence-electron chi connectivity index (χ1n) is 9.72. The maximum Gasteiger partial charge on any atom is 0.273 e. The Balaban J connectivity index is 1.69. The zero-order valence-electron chi connectivity index (χ0n) is 16.0. The van der Waals surface area contributed by atoms with Crippen LogP contribution in [0.15, 0.2) is 66.7 Å². The number of carbonyl (C=O) groups is 1. The topological polar surface area (TPSA) is 49.0 Å². The molecule has 0 fully saturated rings. The van der Waals surface area contributed by atoms with Crippen LogP contribution in [0.2, 0.25) is 5.02 Å². The third-order valence-electron chi connectivity index (χ3n) is 5.60. The lowest BCUT2D eigenvalue weighted by molar-refractivity contribution is 0.0686. The van der Waals surface area contributed by atoms with Crippen LogP contribution in [0.4, 0.5) is 0 Å². The Morgan fingerprint density at radius 1 is 1.07 bits per heavy atom. The van der Waals surface area contributed by atoms with E-state index in [-0.39, 0.29) is 11.9 Å². The molecule has 144 valence electrons. The number of carbonyl (C=O) groups excluding carboxylic acids is 1. The predicted octanol–water partition coefficient (Wildman–Crippen LogP) is 5.31. The maximum atomic E-state index is 13.5. The number of benzene rings is 2. The van der Waals surface area contributed by atoms with Gasteiger partial charge in [0.2, 0.25) is 0 Å². The SMILES string of the molecule is Cc1cccc(C(=O)N2CCc3c([nH]c4ccccc34)C2c2ccccc2Cl)n1. The molecule has 0 radical (unpaired) electrons. The van der Waals surface area contributed by atoms with Crippen molar-refractivity contribution in [3.8, 4) is 0 Å². The molecule has 1 aliphatic rings. The van der Waals surface area contributed by atoms with Gasteiger partial charge in [0.15, 0.2) is 0 Å². The monoisotopic (exact) mass is 401 g/mol. The van der Waals surface area contributed by atoms with E-state index in [1.165, 1.54) is 10.9 Å². The van der Waals surface area contributed by atoms with Crippen molar-refractivity contribution in [3.05, 3.63) is 100.0 Å². The Morgan fingerprint density at radius 2 is 1.86 bits per heavy atom. The van der Waals surface area contributed by atoms with Crippen molar-refractivity contribution < 1.29 is 4.79 Å². The van der Waals surface area contributed by atoms with E-state index in [2.05, 4.69) is 28.2 Å². The van der Waals surface area contributed by atoms with Gasteiger partial charge in [-0.3, -0.25) is 4.79 Å². The van der Waals surface area contributed by atoms with Gasteiger partial charge in [0.1, 0.15) is 5.69 Å². The second kappa shape index (κ2) is 7.05. The van der Waals surface area contributed by atoms with Gasteiger partial charge in [-0.1, -0.05) is 54.1 Å². The van der Waals surface area contributed by atoms with Gasteiger partial charge in [0, 0.05) is 33.9 Å². The number of H-pyrrole nitrogens is 1. The second-order valence-corrected chi connectivity index (χ2v) is 7.81. The Hall–Kier alpha value is -3.11. The molecular weight excluding hydrogens is 382 g/mol. The van der Waals surface area contributed by atoms with Gasteiger partial charge < -0.3 is 9.88 Å². The number of rotatable bonds is 2. The summed E-state index contributed by atoms with van der Waals surface area (Å²) in [5.41, 5.74) is 5.58. The lowest BCUT2D eigenvalue weighted by Crippen LogP contribution is -2.41. The molecule has 5 heteroatoms. The lowest BCUT2D eigenvalue weighted by atomic mass is 9.92. The van der Waals surface area contributed by atoms with E-state index < -0.39 is 0 Å². The Kier molecular flexibility index (Phi) is 4.36. The van der Waals surface area contributed by atoms with Crippen molar-refractivity contribution >= 4 is 28.4 Å². The molecule has 0 aliphatic carbocycles. The Labute approximate surface area is 174 Å². The summed E-state index contributed by atoms with van der Waals surface area (Å²) in [7, 11) is 0. The summed E-state index contributed by atoms with van der Waals surface area (Å²) < 4.78 is 0. The molecule has 1 aliphatic heterocycles. The molecule has 0 saturated heterocycles. The zero-order valence-corrected chi connectivity index (χ0v) is 16.8. The summed E-state index contributed by atoms with van der Waals surface area (Å²) in [6.45, 7) is 2.51. The largest absolute Gasteiger partial charge is 0.356 e. The number of hydrogen-bond acceptors (Lipinski definition) is 2. The fourth-order valence-corrected chi connectivity index (χ4v) is 4.53. The summed E-state index contributed by atoms with van der Waals surface area (Å²) in [5, 5.41) is 1.86.